The molecule has 0 aliphatic heterocycles. The van der Waals surface area contributed by atoms with Gasteiger partial charge in [-0.15, -0.1) is 0 Å². The number of carbonyl (C=O) groups is 2. The predicted molar refractivity (Wildman–Crippen MR) is 68.8 cm³/mol. The number of rotatable bonds is 5. The highest BCUT2D eigenvalue weighted by molar-refractivity contribution is 5.76. The van der Waals surface area contributed by atoms with Crippen LogP contribution in [-0.4, -0.2) is 51.8 Å². The van der Waals surface area contributed by atoms with Crippen LogP contribution in [0.1, 0.15) is 44.9 Å². The number of aliphatic hydroxyl groups is 1. The van der Waals surface area contributed by atoms with Crippen LogP contribution in [0, 0.1) is 0 Å². The van der Waals surface area contributed by atoms with Crippen molar-refractivity contribution in [2.24, 2.45) is 0 Å². The standard InChI is InChI=1S/C13H22N2O4/c16-11-5-1-9(2-6-11)14-13(19)15(10-3-4-10)8-7-12(17)18/h9-11,16H,1-8H2,(H,14,19)(H,17,18). The molecule has 0 atom stereocenters. The minimum atomic E-state index is -0.876. The fraction of sp³-hybridized carbons (Fsp3) is 0.846. The SMILES string of the molecule is O=C(O)CCN(C(=O)NC1CCC(O)CC1)C1CC1. The van der Waals surface area contributed by atoms with Crippen molar-refractivity contribution in [2.45, 2.75) is 63.1 Å². The second-order valence-corrected chi connectivity index (χ2v) is 5.52. The van der Waals surface area contributed by atoms with Crippen LogP contribution in [0.3, 0.4) is 0 Å². The zero-order valence-electron chi connectivity index (χ0n) is 11.0. The molecule has 2 aliphatic rings. The summed E-state index contributed by atoms with van der Waals surface area (Å²) in [5.74, 6) is -0.876. The topological polar surface area (TPSA) is 89.9 Å². The molecular weight excluding hydrogens is 248 g/mol. The molecule has 2 amide bonds. The highest BCUT2D eigenvalue weighted by atomic mass is 16.4. The van der Waals surface area contributed by atoms with Gasteiger partial charge in [-0.1, -0.05) is 0 Å². The fourth-order valence-electron chi connectivity index (χ4n) is 2.53. The summed E-state index contributed by atoms with van der Waals surface area (Å²) in [7, 11) is 0. The quantitative estimate of drug-likeness (QED) is 0.693. The van der Waals surface area contributed by atoms with Crippen LogP contribution in [-0.2, 0) is 4.79 Å². The normalized spacial score (nSPS) is 26.8. The Labute approximate surface area is 112 Å². The first kappa shape index (κ1) is 14.1. The Morgan fingerprint density at radius 3 is 2.26 bits per heavy atom. The molecule has 0 bridgehead atoms. The van der Waals surface area contributed by atoms with Gasteiger partial charge in [0.15, 0.2) is 0 Å². The maximum atomic E-state index is 12.1. The van der Waals surface area contributed by atoms with E-state index in [1.807, 2.05) is 0 Å². The van der Waals surface area contributed by atoms with Crippen molar-refractivity contribution in [3.05, 3.63) is 0 Å². The van der Waals surface area contributed by atoms with Crippen molar-refractivity contribution < 1.29 is 19.8 Å². The van der Waals surface area contributed by atoms with E-state index in [-0.39, 0.29) is 37.2 Å². The van der Waals surface area contributed by atoms with E-state index in [2.05, 4.69) is 5.32 Å². The van der Waals surface area contributed by atoms with Gasteiger partial charge in [-0.05, 0) is 38.5 Å². The maximum absolute atomic E-state index is 12.1. The molecule has 0 saturated heterocycles. The summed E-state index contributed by atoms with van der Waals surface area (Å²) in [5.41, 5.74) is 0. The molecule has 2 fully saturated rings. The Morgan fingerprint density at radius 1 is 1.11 bits per heavy atom. The van der Waals surface area contributed by atoms with Gasteiger partial charge in [0.25, 0.3) is 0 Å². The Morgan fingerprint density at radius 2 is 1.74 bits per heavy atom. The Hall–Kier alpha value is -1.30. The molecule has 2 saturated carbocycles. The van der Waals surface area contributed by atoms with Gasteiger partial charge in [-0.3, -0.25) is 4.79 Å². The molecule has 108 valence electrons. The van der Waals surface area contributed by atoms with E-state index in [1.54, 1.807) is 4.90 Å². The number of nitrogens with zero attached hydrogens (tertiary/aromatic N) is 1. The van der Waals surface area contributed by atoms with Crippen molar-refractivity contribution in [3.8, 4) is 0 Å². The van der Waals surface area contributed by atoms with E-state index in [1.165, 1.54) is 0 Å². The van der Waals surface area contributed by atoms with Crippen LogP contribution < -0.4 is 5.32 Å². The fourth-order valence-corrected chi connectivity index (χ4v) is 2.53. The molecule has 3 N–H and O–H groups in total. The summed E-state index contributed by atoms with van der Waals surface area (Å²) >= 11 is 0. The number of nitrogens with one attached hydrogen (secondary N) is 1. The molecule has 6 heteroatoms. The lowest BCUT2D eigenvalue weighted by atomic mass is 9.93. The predicted octanol–water partition coefficient (Wildman–Crippen LogP) is 0.939. The van der Waals surface area contributed by atoms with Gasteiger partial charge < -0.3 is 20.4 Å². The van der Waals surface area contributed by atoms with Gasteiger partial charge in [-0.25, -0.2) is 4.79 Å². The summed E-state index contributed by atoms with van der Waals surface area (Å²) in [6, 6.07) is 0.181. The minimum Gasteiger partial charge on any atom is -0.481 e. The van der Waals surface area contributed by atoms with E-state index in [9.17, 15) is 14.7 Å². The van der Waals surface area contributed by atoms with Crippen LogP contribution in [0.4, 0.5) is 4.79 Å². The van der Waals surface area contributed by atoms with Crippen LogP contribution >= 0.6 is 0 Å². The number of aliphatic hydroxyl groups excluding tert-OH is 1. The summed E-state index contributed by atoms with van der Waals surface area (Å²) in [6.45, 7) is 0.279. The van der Waals surface area contributed by atoms with Crippen molar-refractivity contribution in [1.29, 1.82) is 0 Å². The molecule has 0 spiro atoms. The van der Waals surface area contributed by atoms with E-state index >= 15 is 0 Å². The number of aliphatic carboxylic acids is 1. The third kappa shape index (κ3) is 4.38. The highest BCUT2D eigenvalue weighted by Gasteiger charge is 2.33. The Balaban J connectivity index is 1.80. The molecule has 0 aromatic carbocycles. The largest absolute Gasteiger partial charge is 0.481 e. The number of amides is 2. The Kier molecular flexibility index (Phi) is 4.63. The summed E-state index contributed by atoms with van der Waals surface area (Å²) in [4.78, 5) is 24.4. The lowest BCUT2D eigenvalue weighted by Crippen LogP contribution is -2.47. The van der Waals surface area contributed by atoms with E-state index < -0.39 is 5.97 Å². The number of hydrogen-bond donors (Lipinski definition) is 3. The van der Waals surface area contributed by atoms with Gasteiger partial charge in [0.05, 0.1) is 12.5 Å². The molecule has 19 heavy (non-hydrogen) atoms. The number of urea groups is 1. The molecule has 2 rings (SSSR count). The molecule has 0 unspecified atom stereocenters. The van der Waals surface area contributed by atoms with Gasteiger partial charge in [-0.2, -0.15) is 0 Å². The second kappa shape index (κ2) is 6.23. The maximum Gasteiger partial charge on any atom is 0.317 e. The first-order valence-electron chi connectivity index (χ1n) is 7.03. The minimum absolute atomic E-state index is 0.00665. The Bertz CT molecular complexity index is 336. The van der Waals surface area contributed by atoms with Crippen molar-refractivity contribution >= 4 is 12.0 Å². The zero-order valence-corrected chi connectivity index (χ0v) is 11.0. The zero-order chi connectivity index (χ0) is 13.8. The summed E-state index contributed by atoms with van der Waals surface area (Å²) in [6.07, 6.45) is 4.74. The monoisotopic (exact) mass is 270 g/mol. The molecule has 0 aromatic heterocycles. The molecule has 6 nitrogen and oxygen atoms in total. The molecule has 0 aromatic rings. The second-order valence-electron chi connectivity index (χ2n) is 5.52. The van der Waals surface area contributed by atoms with Crippen LogP contribution in [0.2, 0.25) is 0 Å². The average molecular weight is 270 g/mol. The van der Waals surface area contributed by atoms with Gasteiger partial charge >= 0.3 is 12.0 Å². The third-order valence-corrected chi connectivity index (χ3v) is 3.84. The smallest absolute Gasteiger partial charge is 0.317 e. The van der Waals surface area contributed by atoms with Gasteiger partial charge in [0, 0.05) is 18.6 Å². The average Bonchev–Trinajstić information content (AvgIpc) is 3.16. The van der Waals surface area contributed by atoms with Crippen molar-refractivity contribution in [3.63, 3.8) is 0 Å². The van der Waals surface area contributed by atoms with E-state index in [4.69, 9.17) is 5.11 Å². The van der Waals surface area contributed by atoms with Crippen molar-refractivity contribution in [1.82, 2.24) is 10.2 Å². The lowest BCUT2D eigenvalue weighted by Gasteiger charge is -2.29. The third-order valence-electron chi connectivity index (χ3n) is 3.84. The molecular formula is C13H22N2O4. The highest BCUT2D eigenvalue weighted by Crippen LogP contribution is 2.27. The van der Waals surface area contributed by atoms with Crippen LogP contribution in [0.5, 0.6) is 0 Å². The summed E-state index contributed by atoms with van der Waals surface area (Å²) < 4.78 is 0. The van der Waals surface area contributed by atoms with Gasteiger partial charge in [0.2, 0.25) is 0 Å². The molecule has 0 radical (unpaired) electrons. The lowest BCUT2D eigenvalue weighted by molar-refractivity contribution is -0.137. The molecule has 0 heterocycles. The van der Waals surface area contributed by atoms with E-state index in [0.29, 0.717) is 0 Å². The first-order valence-corrected chi connectivity index (χ1v) is 7.03. The number of hydrogen-bond acceptors (Lipinski definition) is 3. The van der Waals surface area contributed by atoms with Crippen LogP contribution in [0.25, 0.3) is 0 Å². The van der Waals surface area contributed by atoms with Crippen molar-refractivity contribution in [2.75, 3.05) is 6.54 Å². The van der Waals surface area contributed by atoms with Crippen LogP contribution in [0.15, 0.2) is 0 Å². The number of carbonyl (C=O) groups excluding carboxylic acids is 1. The van der Waals surface area contributed by atoms with E-state index in [0.717, 1.165) is 38.5 Å². The summed E-state index contributed by atoms with van der Waals surface area (Å²) in [5, 5.41) is 21.1. The molecule has 2 aliphatic carbocycles. The number of carboxylic acid groups (broad SMARTS) is 1. The van der Waals surface area contributed by atoms with Gasteiger partial charge in [0.1, 0.15) is 0 Å². The number of carboxylic acids is 1. The first-order chi connectivity index (χ1) is 9.06.